The van der Waals surface area contributed by atoms with Crippen LogP contribution in [-0.4, -0.2) is 22.2 Å². The number of benzene rings is 1. The van der Waals surface area contributed by atoms with Gasteiger partial charge in [-0.2, -0.15) is 5.10 Å². The van der Waals surface area contributed by atoms with Gasteiger partial charge in [0.05, 0.1) is 5.71 Å². The zero-order chi connectivity index (χ0) is 10.8. The Morgan fingerprint density at radius 1 is 1.33 bits per heavy atom. The second-order valence-corrected chi connectivity index (χ2v) is 3.83. The van der Waals surface area contributed by atoms with E-state index in [1.165, 1.54) is 0 Å². The number of nitrogens with one attached hydrogen (secondary N) is 1. The Kier molecular flexibility index (Phi) is 2.60. The van der Waals surface area contributed by atoms with E-state index >= 15 is 0 Å². The molecule has 3 N–H and O–H groups in total. The summed E-state index contributed by atoms with van der Waals surface area (Å²) in [7, 11) is 0. The van der Waals surface area contributed by atoms with Crippen molar-refractivity contribution in [1.29, 1.82) is 0 Å². The predicted molar refractivity (Wildman–Crippen MR) is 57.6 cm³/mol. The number of nitrogens with zero attached hydrogens (tertiary/aromatic N) is 1. The van der Waals surface area contributed by atoms with Crippen molar-refractivity contribution in [2.75, 3.05) is 0 Å². The van der Waals surface area contributed by atoms with Crippen LogP contribution in [0.3, 0.4) is 0 Å². The molecule has 0 saturated carbocycles. The molecule has 80 valence electrons. The zero-order valence-corrected chi connectivity index (χ0v) is 8.51. The molecule has 0 amide bonds. The number of aliphatic hydroxyl groups excluding tert-OH is 1. The molecule has 0 aromatic heterocycles. The highest BCUT2D eigenvalue weighted by Crippen LogP contribution is 2.19. The maximum absolute atomic E-state index is 9.33. The highest BCUT2D eigenvalue weighted by molar-refractivity contribution is 6.02. The van der Waals surface area contributed by atoms with Crippen LogP contribution in [0.5, 0.6) is 5.75 Å². The number of hydrogen-bond donors (Lipinski definition) is 3. The van der Waals surface area contributed by atoms with Gasteiger partial charge in [-0.15, -0.1) is 0 Å². The summed E-state index contributed by atoms with van der Waals surface area (Å²) in [5, 5.41) is 22.6. The Morgan fingerprint density at radius 3 is 2.60 bits per heavy atom. The maximum Gasteiger partial charge on any atom is 0.140 e. The molecule has 0 fully saturated rings. The topological polar surface area (TPSA) is 64.8 Å². The van der Waals surface area contributed by atoms with E-state index in [0.717, 1.165) is 11.3 Å². The molecule has 4 nitrogen and oxygen atoms in total. The van der Waals surface area contributed by atoms with Crippen molar-refractivity contribution in [2.45, 2.75) is 19.6 Å². The SMILES string of the molecule is CC1CC(O)NN=C1c1ccc(O)cc1. The smallest absolute Gasteiger partial charge is 0.140 e. The first-order valence-electron chi connectivity index (χ1n) is 4.97. The molecule has 2 unspecified atom stereocenters. The molecule has 1 aliphatic rings. The number of aromatic hydroxyl groups is 1. The number of aliphatic hydroxyl groups is 1. The fraction of sp³-hybridized carbons (Fsp3) is 0.364. The lowest BCUT2D eigenvalue weighted by atomic mass is 9.94. The number of hydrogen-bond acceptors (Lipinski definition) is 4. The largest absolute Gasteiger partial charge is 0.508 e. The summed E-state index contributed by atoms with van der Waals surface area (Å²) in [4.78, 5) is 0. The van der Waals surface area contributed by atoms with Crippen LogP contribution >= 0.6 is 0 Å². The standard InChI is InChI=1S/C11H14N2O2/c1-7-6-10(15)12-13-11(7)8-2-4-9(14)5-3-8/h2-5,7,10,12,14-15H,6H2,1H3. The lowest BCUT2D eigenvalue weighted by Gasteiger charge is -2.24. The normalized spacial score (nSPS) is 25.6. The lowest BCUT2D eigenvalue weighted by Crippen LogP contribution is -2.35. The summed E-state index contributed by atoms with van der Waals surface area (Å²) >= 11 is 0. The average molecular weight is 206 g/mol. The molecule has 1 aromatic carbocycles. The van der Waals surface area contributed by atoms with Gasteiger partial charge in [0, 0.05) is 12.3 Å². The first-order chi connectivity index (χ1) is 7.16. The van der Waals surface area contributed by atoms with Crippen LogP contribution in [-0.2, 0) is 0 Å². The van der Waals surface area contributed by atoms with Crippen molar-refractivity contribution in [3.05, 3.63) is 29.8 Å². The first-order valence-corrected chi connectivity index (χ1v) is 4.97. The summed E-state index contributed by atoms with van der Waals surface area (Å²) in [5.41, 5.74) is 4.55. The summed E-state index contributed by atoms with van der Waals surface area (Å²) in [5.74, 6) is 0.460. The van der Waals surface area contributed by atoms with Crippen LogP contribution in [0.4, 0.5) is 0 Å². The van der Waals surface area contributed by atoms with E-state index < -0.39 is 6.23 Å². The molecule has 0 aliphatic carbocycles. The minimum Gasteiger partial charge on any atom is -0.508 e. The highest BCUT2D eigenvalue weighted by Gasteiger charge is 2.21. The maximum atomic E-state index is 9.33. The summed E-state index contributed by atoms with van der Waals surface area (Å²) in [6.45, 7) is 2.02. The van der Waals surface area contributed by atoms with E-state index in [9.17, 15) is 5.11 Å². The molecule has 0 saturated heterocycles. The Balaban J connectivity index is 2.27. The van der Waals surface area contributed by atoms with Crippen LogP contribution in [0.2, 0.25) is 0 Å². The van der Waals surface area contributed by atoms with Crippen LogP contribution in [0.15, 0.2) is 29.4 Å². The molecule has 1 aliphatic heterocycles. The van der Waals surface area contributed by atoms with E-state index in [1.807, 2.05) is 19.1 Å². The minimum absolute atomic E-state index is 0.214. The van der Waals surface area contributed by atoms with Crippen molar-refractivity contribution >= 4 is 5.71 Å². The van der Waals surface area contributed by atoms with Crippen LogP contribution in [0.25, 0.3) is 0 Å². The molecular weight excluding hydrogens is 192 g/mol. The van der Waals surface area contributed by atoms with Crippen molar-refractivity contribution in [2.24, 2.45) is 11.0 Å². The molecule has 4 heteroatoms. The number of hydrazone groups is 1. The van der Waals surface area contributed by atoms with Crippen molar-refractivity contribution in [3.63, 3.8) is 0 Å². The van der Waals surface area contributed by atoms with Gasteiger partial charge in [0.2, 0.25) is 0 Å². The van der Waals surface area contributed by atoms with Crippen LogP contribution < -0.4 is 5.43 Å². The lowest BCUT2D eigenvalue weighted by molar-refractivity contribution is 0.114. The van der Waals surface area contributed by atoms with Gasteiger partial charge in [-0.25, -0.2) is 0 Å². The third-order valence-corrected chi connectivity index (χ3v) is 2.54. The monoisotopic (exact) mass is 206 g/mol. The van der Waals surface area contributed by atoms with Gasteiger partial charge < -0.3 is 10.2 Å². The van der Waals surface area contributed by atoms with Gasteiger partial charge >= 0.3 is 0 Å². The van der Waals surface area contributed by atoms with E-state index in [0.29, 0.717) is 6.42 Å². The fourth-order valence-electron chi connectivity index (χ4n) is 1.73. The Bertz CT molecular complexity index is 373. The molecule has 1 aromatic rings. The van der Waals surface area contributed by atoms with E-state index in [4.69, 9.17) is 5.11 Å². The molecule has 0 spiro atoms. The van der Waals surface area contributed by atoms with Gasteiger partial charge in [0.1, 0.15) is 12.0 Å². The van der Waals surface area contributed by atoms with Crippen molar-refractivity contribution in [3.8, 4) is 5.75 Å². The van der Waals surface area contributed by atoms with Gasteiger partial charge in [-0.3, -0.25) is 5.43 Å². The molecule has 2 atom stereocenters. The molecule has 15 heavy (non-hydrogen) atoms. The van der Waals surface area contributed by atoms with Crippen molar-refractivity contribution < 1.29 is 10.2 Å². The Morgan fingerprint density at radius 2 is 2.00 bits per heavy atom. The third kappa shape index (κ3) is 2.10. The van der Waals surface area contributed by atoms with E-state index in [-0.39, 0.29) is 11.7 Å². The molecule has 1 heterocycles. The molecule has 0 radical (unpaired) electrons. The number of rotatable bonds is 1. The fourth-order valence-corrected chi connectivity index (χ4v) is 1.73. The summed E-state index contributed by atoms with van der Waals surface area (Å²) < 4.78 is 0. The molecular formula is C11H14N2O2. The quantitative estimate of drug-likeness (QED) is 0.643. The van der Waals surface area contributed by atoms with E-state index in [1.54, 1.807) is 12.1 Å². The molecule has 0 bridgehead atoms. The third-order valence-electron chi connectivity index (χ3n) is 2.54. The van der Waals surface area contributed by atoms with Gasteiger partial charge in [0.25, 0.3) is 0 Å². The zero-order valence-electron chi connectivity index (χ0n) is 8.51. The predicted octanol–water partition coefficient (Wildman–Crippen LogP) is 1.04. The van der Waals surface area contributed by atoms with Gasteiger partial charge in [0.15, 0.2) is 0 Å². The van der Waals surface area contributed by atoms with Crippen LogP contribution in [0, 0.1) is 5.92 Å². The average Bonchev–Trinajstić information content (AvgIpc) is 2.20. The van der Waals surface area contributed by atoms with Gasteiger partial charge in [-0.05, 0) is 29.8 Å². The van der Waals surface area contributed by atoms with Gasteiger partial charge in [-0.1, -0.05) is 6.92 Å². The second kappa shape index (κ2) is 3.90. The summed E-state index contributed by atoms with van der Waals surface area (Å²) in [6.07, 6.45) is 0.0977. The second-order valence-electron chi connectivity index (χ2n) is 3.83. The minimum atomic E-state index is -0.555. The van der Waals surface area contributed by atoms with Crippen molar-refractivity contribution in [1.82, 2.24) is 5.43 Å². The Labute approximate surface area is 88.3 Å². The highest BCUT2D eigenvalue weighted by atomic mass is 16.3. The Hall–Kier alpha value is -1.55. The van der Waals surface area contributed by atoms with E-state index in [2.05, 4.69) is 10.5 Å². The summed E-state index contributed by atoms with van der Waals surface area (Å²) in [6, 6.07) is 6.92. The van der Waals surface area contributed by atoms with Crippen LogP contribution in [0.1, 0.15) is 18.9 Å². The first kappa shape index (κ1) is 9.98. The number of phenolic OH excluding ortho intramolecular Hbond substituents is 1. The number of phenols is 1. The molecule has 2 rings (SSSR count).